The van der Waals surface area contributed by atoms with Crippen molar-refractivity contribution in [1.82, 2.24) is 0 Å². The second kappa shape index (κ2) is 3.79. The maximum atomic E-state index is 9.79. The Balaban J connectivity index is 2.44. The molecule has 0 amide bonds. The van der Waals surface area contributed by atoms with Crippen LogP contribution in [0.4, 0.5) is 0 Å². The second-order valence-electron chi connectivity index (χ2n) is 3.61. The van der Waals surface area contributed by atoms with Crippen LogP contribution in [0.15, 0.2) is 6.07 Å². The molecular weight excluding hydrogens is 218 g/mol. The van der Waals surface area contributed by atoms with Crippen LogP contribution >= 0.6 is 11.6 Å². The lowest BCUT2D eigenvalue weighted by Crippen LogP contribution is -2.17. The van der Waals surface area contributed by atoms with Gasteiger partial charge in [0.2, 0.25) is 6.79 Å². The van der Waals surface area contributed by atoms with Gasteiger partial charge in [-0.3, -0.25) is 0 Å². The van der Waals surface area contributed by atoms with Crippen LogP contribution in [0, 0.1) is 0 Å². The maximum Gasteiger partial charge on any atom is 0.231 e. The summed E-state index contributed by atoms with van der Waals surface area (Å²) < 4.78 is 10.3. The molecule has 0 saturated heterocycles. The Kier molecular flexibility index (Phi) is 2.63. The van der Waals surface area contributed by atoms with Crippen molar-refractivity contribution < 1.29 is 14.6 Å². The summed E-state index contributed by atoms with van der Waals surface area (Å²) in [6.45, 7) is 1.99. The molecule has 0 bridgehead atoms. The number of rotatable bonds is 2. The van der Waals surface area contributed by atoms with Crippen molar-refractivity contribution in [1.29, 1.82) is 0 Å². The monoisotopic (exact) mass is 229 g/mol. The average molecular weight is 230 g/mol. The quantitative estimate of drug-likeness (QED) is 0.810. The fourth-order valence-electron chi connectivity index (χ4n) is 1.54. The number of hydrogen-bond acceptors (Lipinski definition) is 4. The number of aromatic hydroxyl groups is 1. The standard InChI is InChI=1S/C10H12ClNO3/c1-5(12)2-6-3-7-10(15-4-14-7)8(11)9(6)13/h3,5,13H,2,4,12H2,1H3. The van der Waals surface area contributed by atoms with E-state index < -0.39 is 0 Å². The SMILES string of the molecule is CC(N)Cc1cc2c(c(Cl)c1O)OCO2. The van der Waals surface area contributed by atoms with Crippen molar-refractivity contribution in [2.24, 2.45) is 5.73 Å². The molecule has 1 aromatic rings. The van der Waals surface area contributed by atoms with Crippen molar-refractivity contribution in [3.63, 3.8) is 0 Å². The highest BCUT2D eigenvalue weighted by Crippen LogP contribution is 2.46. The van der Waals surface area contributed by atoms with Crippen LogP contribution in [-0.4, -0.2) is 17.9 Å². The van der Waals surface area contributed by atoms with Gasteiger partial charge in [0.25, 0.3) is 0 Å². The van der Waals surface area contributed by atoms with Gasteiger partial charge in [0.15, 0.2) is 11.5 Å². The number of phenols is 1. The molecule has 0 radical (unpaired) electrons. The van der Waals surface area contributed by atoms with Crippen LogP contribution in [0.1, 0.15) is 12.5 Å². The van der Waals surface area contributed by atoms with Crippen LogP contribution in [-0.2, 0) is 6.42 Å². The number of nitrogens with two attached hydrogens (primary N) is 1. The minimum atomic E-state index is -0.0488. The van der Waals surface area contributed by atoms with E-state index in [0.717, 1.165) is 0 Å². The van der Waals surface area contributed by atoms with Crippen LogP contribution in [0.3, 0.4) is 0 Å². The number of fused-ring (bicyclic) bond motifs is 1. The first kappa shape index (κ1) is 10.4. The number of phenolic OH excluding ortho intramolecular Hbond substituents is 1. The van der Waals surface area contributed by atoms with Gasteiger partial charge < -0.3 is 20.3 Å². The van der Waals surface area contributed by atoms with E-state index in [4.69, 9.17) is 26.8 Å². The molecule has 2 rings (SSSR count). The summed E-state index contributed by atoms with van der Waals surface area (Å²) >= 11 is 5.93. The van der Waals surface area contributed by atoms with Gasteiger partial charge in [-0.05, 0) is 19.4 Å². The van der Waals surface area contributed by atoms with Gasteiger partial charge in [0.1, 0.15) is 10.8 Å². The van der Waals surface area contributed by atoms with Gasteiger partial charge in [-0.25, -0.2) is 0 Å². The van der Waals surface area contributed by atoms with Crippen LogP contribution in [0.5, 0.6) is 17.2 Å². The molecule has 15 heavy (non-hydrogen) atoms. The van der Waals surface area contributed by atoms with E-state index in [1.807, 2.05) is 6.92 Å². The van der Waals surface area contributed by atoms with E-state index in [1.165, 1.54) is 0 Å². The van der Waals surface area contributed by atoms with Gasteiger partial charge >= 0.3 is 0 Å². The van der Waals surface area contributed by atoms with E-state index in [1.54, 1.807) is 6.07 Å². The molecule has 1 aliphatic rings. The molecule has 4 nitrogen and oxygen atoms in total. The molecule has 0 aromatic heterocycles. The van der Waals surface area contributed by atoms with Crippen LogP contribution in [0.2, 0.25) is 5.02 Å². The topological polar surface area (TPSA) is 64.7 Å². The maximum absolute atomic E-state index is 9.79. The van der Waals surface area contributed by atoms with E-state index >= 15 is 0 Å². The molecule has 3 N–H and O–H groups in total. The Morgan fingerprint density at radius 1 is 1.60 bits per heavy atom. The average Bonchev–Trinajstić information content (AvgIpc) is 2.61. The molecule has 1 aliphatic heterocycles. The Morgan fingerprint density at radius 2 is 2.33 bits per heavy atom. The molecule has 1 atom stereocenters. The number of ether oxygens (including phenoxy) is 2. The zero-order valence-electron chi connectivity index (χ0n) is 8.29. The summed E-state index contributed by atoms with van der Waals surface area (Å²) in [4.78, 5) is 0. The van der Waals surface area contributed by atoms with Crippen molar-refractivity contribution in [3.8, 4) is 17.2 Å². The first-order valence-corrected chi connectivity index (χ1v) is 5.03. The summed E-state index contributed by atoms with van der Waals surface area (Å²) in [5, 5.41) is 9.98. The molecule has 0 aliphatic carbocycles. The predicted molar refractivity (Wildman–Crippen MR) is 56.6 cm³/mol. The molecule has 1 heterocycles. The normalized spacial score (nSPS) is 15.4. The summed E-state index contributed by atoms with van der Waals surface area (Å²) in [6.07, 6.45) is 0.544. The molecule has 1 aromatic carbocycles. The Labute approximate surface area is 92.5 Å². The van der Waals surface area contributed by atoms with Gasteiger partial charge in [-0.15, -0.1) is 0 Å². The zero-order chi connectivity index (χ0) is 11.0. The largest absolute Gasteiger partial charge is 0.506 e. The lowest BCUT2D eigenvalue weighted by Gasteiger charge is -2.10. The highest BCUT2D eigenvalue weighted by Gasteiger charge is 2.23. The number of halogens is 1. The van der Waals surface area contributed by atoms with Gasteiger partial charge in [-0.2, -0.15) is 0 Å². The minimum absolute atomic E-state index is 0.0261. The first-order valence-electron chi connectivity index (χ1n) is 4.65. The molecule has 82 valence electrons. The predicted octanol–water partition coefficient (Wildman–Crippen LogP) is 1.66. The van der Waals surface area contributed by atoms with Gasteiger partial charge in [-0.1, -0.05) is 11.6 Å². The molecule has 0 saturated carbocycles. The van der Waals surface area contributed by atoms with Gasteiger partial charge in [0, 0.05) is 11.6 Å². The molecule has 0 spiro atoms. The third-order valence-corrected chi connectivity index (χ3v) is 2.55. The Bertz CT molecular complexity index is 393. The first-order chi connectivity index (χ1) is 7.09. The number of benzene rings is 1. The lowest BCUT2D eigenvalue weighted by atomic mass is 10.1. The van der Waals surface area contributed by atoms with Crippen molar-refractivity contribution in [2.45, 2.75) is 19.4 Å². The fraction of sp³-hybridized carbons (Fsp3) is 0.400. The smallest absolute Gasteiger partial charge is 0.231 e. The van der Waals surface area contributed by atoms with Crippen LogP contribution < -0.4 is 15.2 Å². The molecular formula is C10H12ClNO3. The summed E-state index contributed by atoms with van der Waals surface area (Å²) in [5.74, 6) is 0.995. The summed E-state index contributed by atoms with van der Waals surface area (Å²) in [6, 6.07) is 1.67. The minimum Gasteiger partial charge on any atom is -0.506 e. The van der Waals surface area contributed by atoms with Crippen molar-refractivity contribution >= 4 is 11.6 Å². The van der Waals surface area contributed by atoms with E-state index in [-0.39, 0.29) is 23.6 Å². The second-order valence-corrected chi connectivity index (χ2v) is 3.99. The Morgan fingerprint density at radius 3 is 3.00 bits per heavy atom. The van der Waals surface area contributed by atoms with Crippen molar-refractivity contribution in [2.75, 3.05) is 6.79 Å². The Hall–Kier alpha value is -1.13. The van der Waals surface area contributed by atoms with E-state index in [2.05, 4.69) is 0 Å². The van der Waals surface area contributed by atoms with E-state index in [0.29, 0.717) is 23.5 Å². The summed E-state index contributed by atoms with van der Waals surface area (Å²) in [5.41, 5.74) is 6.34. The number of hydrogen-bond donors (Lipinski definition) is 2. The summed E-state index contributed by atoms with van der Waals surface area (Å²) in [7, 11) is 0. The molecule has 0 fully saturated rings. The third-order valence-electron chi connectivity index (χ3n) is 2.20. The molecule has 1 unspecified atom stereocenters. The van der Waals surface area contributed by atoms with Gasteiger partial charge in [0.05, 0.1) is 0 Å². The van der Waals surface area contributed by atoms with Crippen LogP contribution in [0.25, 0.3) is 0 Å². The lowest BCUT2D eigenvalue weighted by molar-refractivity contribution is 0.174. The zero-order valence-corrected chi connectivity index (χ0v) is 9.04. The third kappa shape index (κ3) is 1.82. The van der Waals surface area contributed by atoms with E-state index in [9.17, 15) is 5.11 Å². The fourth-order valence-corrected chi connectivity index (χ4v) is 1.81. The highest BCUT2D eigenvalue weighted by atomic mass is 35.5. The highest BCUT2D eigenvalue weighted by molar-refractivity contribution is 6.34. The molecule has 5 heteroatoms. The van der Waals surface area contributed by atoms with Crippen molar-refractivity contribution in [3.05, 3.63) is 16.7 Å².